The van der Waals surface area contributed by atoms with Crippen LogP contribution in [0, 0.1) is 0 Å². The van der Waals surface area contributed by atoms with Gasteiger partial charge in [-0.25, -0.2) is 15.0 Å². The Labute approximate surface area is 532 Å². The van der Waals surface area contributed by atoms with Crippen LogP contribution in [0.5, 0.6) is 0 Å². The summed E-state index contributed by atoms with van der Waals surface area (Å²) < 4.78 is 11.7. The molecule has 7 nitrogen and oxygen atoms in total. The highest BCUT2D eigenvalue weighted by Gasteiger charge is 2.28. The number of fused-ring (bicyclic) bond motifs is 10. The highest BCUT2D eigenvalue weighted by Crippen LogP contribution is 2.46. The molecule has 15 aromatic rings. The van der Waals surface area contributed by atoms with Gasteiger partial charge in [-0.3, -0.25) is 4.98 Å². The molecule has 0 bridgehead atoms. The zero-order valence-electron chi connectivity index (χ0n) is 54.0. The van der Waals surface area contributed by atoms with E-state index in [2.05, 4.69) is 305 Å². The van der Waals surface area contributed by atoms with Crippen LogP contribution in [-0.4, -0.2) is 29.1 Å². The first-order valence-corrected chi connectivity index (χ1v) is 31.8. The van der Waals surface area contributed by atoms with Crippen LogP contribution >= 0.6 is 0 Å². The average Bonchev–Trinajstić information content (AvgIpc) is 1.57. The molecule has 5 heterocycles. The molecular weight excluding hydrogens is 1110 g/mol. The molecule has 91 heavy (non-hydrogen) atoms. The van der Waals surface area contributed by atoms with Gasteiger partial charge in [0.05, 0.1) is 45.0 Å². The Morgan fingerprint density at radius 2 is 0.758 bits per heavy atom. The zero-order chi connectivity index (χ0) is 62.9. The largest absolute Gasteiger partial charge is 0.455 e. The van der Waals surface area contributed by atoms with E-state index in [0.717, 1.165) is 127 Å². The third-order valence-corrected chi connectivity index (χ3v) is 18.5. The van der Waals surface area contributed by atoms with E-state index < -0.39 is 0 Å². The third-order valence-electron chi connectivity index (χ3n) is 18.5. The first kappa shape index (κ1) is 57.2. The fraction of sp³-hybridized carbons (Fsp3) is 0.190. The number of hydrogen-bond donors (Lipinski definition) is 0. The lowest BCUT2D eigenvalue weighted by Gasteiger charge is -2.26. The molecule has 0 saturated carbocycles. The first-order valence-electron chi connectivity index (χ1n) is 31.8. The van der Waals surface area contributed by atoms with E-state index in [9.17, 15) is 0 Å². The van der Waals surface area contributed by atoms with E-state index in [0.29, 0.717) is 17.5 Å². The lowest BCUT2D eigenvalue weighted by atomic mass is 9.79. The molecule has 10 aromatic carbocycles. The van der Waals surface area contributed by atoms with Gasteiger partial charge in [-0.05, 0) is 163 Å². The van der Waals surface area contributed by atoms with Crippen molar-refractivity contribution in [3.05, 3.63) is 253 Å². The maximum atomic E-state index is 6.85. The molecule has 446 valence electrons. The van der Waals surface area contributed by atoms with Crippen molar-refractivity contribution in [2.45, 2.75) is 105 Å². The summed E-state index contributed by atoms with van der Waals surface area (Å²) in [6.45, 7) is 27.4. The normalized spacial score (nSPS) is 12.6. The summed E-state index contributed by atoms with van der Waals surface area (Å²) >= 11 is 0. The number of pyridine rings is 1. The molecule has 0 spiro atoms. The van der Waals surface area contributed by atoms with Crippen molar-refractivity contribution in [1.82, 2.24) is 29.1 Å². The summed E-state index contributed by atoms with van der Waals surface area (Å²) in [5.74, 6) is 1.82. The van der Waals surface area contributed by atoms with Crippen molar-refractivity contribution >= 4 is 65.6 Å². The maximum Gasteiger partial charge on any atom is 0.164 e. The molecule has 0 aliphatic heterocycles. The second-order valence-electron chi connectivity index (χ2n) is 28.8. The molecule has 0 atom stereocenters. The van der Waals surface area contributed by atoms with Gasteiger partial charge in [-0.1, -0.05) is 204 Å². The van der Waals surface area contributed by atoms with Gasteiger partial charge in [0.25, 0.3) is 0 Å². The number of benzene rings is 10. The molecule has 0 aliphatic carbocycles. The third kappa shape index (κ3) is 10.1. The van der Waals surface area contributed by atoms with Gasteiger partial charge < -0.3 is 13.6 Å². The number of para-hydroxylation sites is 2. The maximum absolute atomic E-state index is 6.85. The molecule has 15 rings (SSSR count). The number of hydrogen-bond acceptors (Lipinski definition) is 5. The van der Waals surface area contributed by atoms with Gasteiger partial charge in [-0.2, -0.15) is 0 Å². The van der Waals surface area contributed by atoms with Crippen LogP contribution in [-0.2, 0) is 21.7 Å². The van der Waals surface area contributed by atoms with Gasteiger partial charge in [0.2, 0.25) is 0 Å². The highest BCUT2D eigenvalue weighted by molar-refractivity contribution is 6.24. The van der Waals surface area contributed by atoms with Crippen LogP contribution < -0.4 is 0 Å². The number of rotatable bonds is 8. The Bertz CT molecular complexity index is 5130. The van der Waals surface area contributed by atoms with Gasteiger partial charge in [0, 0.05) is 60.9 Å². The Morgan fingerprint density at radius 3 is 1.30 bits per heavy atom. The fourth-order valence-corrected chi connectivity index (χ4v) is 13.3. The molecule has 0 amide bonds. The molecule has 0 N–H and O–H groups in total. The van der Waals surface area contributed by atoms with Gasteiger partial charge in [0.15, 0.2) is 17.5 Å². The first-order chi connectivity index (χ1) is 43.6. The van der Waals surface area contributed by atoms with E-state index in [1.165, 1.54) is 22.3 Å². The lowest BCUT2D eigenvalue weighted by Crippen LogP contribution is -2.17. The summed E-state index contributed by atoms with van der Waals surface area (Å²) in [6, 6.07) is 79.6. The van der Waals surface area contributed by atoms with Crippen molar-refractivity contribution in [2.24, 2.45) is 0 Å². The summed E-state index contributed by atoms with van der Waals surface area (Å²) in [5, 5.41) is 6.64. The van der Waals surface area contributed by atoms with Crippen LogP contribution in [0.3, 0.4) is 0 Å². The summed E-state index contributed by atoms with van der Waals surface area (Å²) in [7, 11) is 0. The van der Waals surface area contributed by atoms with Crippen LogP contribution in [0.15, 0.2) is 235 Å². The predicted octanol–water partition coefficient (Wildman–Crippen LogP) is 22.6. The van der Waals surface area contributed by atoms with Crippen molar-refractivity contribution in [2.75, 3.05) is 0 Å². The van der Waals surface area contributed by atoms with E-state index >= 15 is 0 Å². The highest BCUT2D eigenvalue weighted by atomic mass is 16.3. The SMILES string of the molecule is CC(C)(C)c1cc(-c2nc(-c3cc(C(C)(C)C)cc(C(C)(C)C)c3)nc(-c3ccc(-n4c5ccc(-c6ccccc6)cc5c5cc(-c6ccccc6)ccc54)c(-c4ccncc4-n4c5ccccc5c5c6oc7ccccc7c6ccc54)c3)n2)cc(C(C)(C)C)c1. The average molecular weight is 1180 g/mol. The quantitative estimate of drug-likeness (QED) is 0.152. The topological polar surface area (TPSA) is 74.6 Å². The van der Waals surface area contributed by atoms with Crippen molar-refractivity contribution in [1.29, 1.82) is 0 Å². The second-order valence-corrected chi connectivity index (χ2v) is 28.8. The monoisotopic (exact) mass is 1180 g/mol. The van der Waals surface area contributed by atoms with Crippen LogP contribution in [0.2, 0.25) is 0 Å². The minimum Gasteiger partial charge on any atom is -0.455 e. The smallest absolute Gasteiger partial charge is 0.164 e. The van der Waals surface area contributed by atoms with Crippen LogP contribution in [0.4, 0.5) is 0 Å². The zero-order valence-corrected chi connectivity index (χ0v) is 54.0. The van der Waals surface area contributed by atoms with Crippen molar-refractivity contribution in [3.63, 3.8) is 0 Å². The van der Waals surface area contributed by atoms with Crippen LogP contribution in [0.1, 0.15) is 105 Å². The van der Waals surface area contributed by atoms with Crippen LogP contribution in [0.25, 0.3) is 144 Å². The van der Waals surface area contributed by atoms with Crippen molar-refractivity contribution in [3.8, 4) is 78.9 Å². The molecule has 5 aromatic heterocycles. The van der Waals surface area contributed by atoms with Crippen molar-refractivity contribution < 1.29 is 4.42 Å². The summed E-state index contributed by atoms with van der Waals surface area (Å²) in [5.41, 5.74) is 21.6. The van der Waals surface area contributed by atoms with Gasteiger partial charge in [-0.15, -0.1) is 0 Å². The molecule has 0 radical (unpaired) electrons. The van der Waals surface area contributed by atoms with Gasteiger partial charge in [0.1, 0.15) is 11.2 Å². The Balaban J connectivity index is 1.04. The Morgan fingerprint density at radius 1 is 0.308 bits per heavy atom. The predicted molar refractivity (Wildman–Crippen MR) is 381 cm³/mol. The molecular formula is C84H74N6O. The number of aromatic nitrogens is 6. The molecule has 0 unspecified atom stereocenters. The Kier molecular flexibility index (Phi) is 13.3. The molecule has 0 fully saturated rings. The number of nitrogens with zero attached hydrogens (tertiary/aromatic N) is 6. The van der Waals surface area contributed by atoms with E-state index in [-0.39, 0.29) is 21.7 Å². The molecule has 7 heteroatoms. The number of furan rings is 1. The standard InChI is InChI=1S/C84H74N6O/c1-81(2,3)58-41-56(42-59(48-58)82(4,5)6)79-86-78(87-80(88-79)57-43-60(83(7,8)9)49-61(44-57)84(10,11)12)55-33-37-70(89-71-35-31-53(51-23-15-13-16-24-51)45-67(71)68-46-54(32-36-72(68)89)52-25-17-14-18-26-52)66(47-55)62-39-40-85-50-74(62)90-69-29-21-19-28-65(69)76-73(90)38-34-64-63-27-20-22-30-75(63)91-77(64)76/h13-50H,1-12H3. The fourth-order valence-electron chi connectivity index (χ4n) is 13.3. The van der Waals surface area contributed by atoms with E-state index in [1.807, 2.05) is 18.5 Å². The lowest BCUT2D eigenvalue weighted by molar-refractivity contribution is 0.568. The molecule has 0 aliphatic rings. The van der Waals surface area contributed by atoms with E-state index in [4.69, 9.17) is 24.4 Å². The summed E-state index contributed by atoms with van der Waals surface area (Å²) in [6.07, 6.45) is 3.95. The molecule has 0 saturated heterocycles. The minimum absolute atomic E-state index is 0.141. The summed E-state index contributed by atoms with van der Waals surface area (Å²) in [4.78, 5) is 21.8. The Hall–Kier alpha value is -10.2. The second kappa shape index (κ2) is 21.2. The minimum atomic E-state index is -0.141. The van der Waals surface area contributed by atoms with Gasteiger partial charge >= 0.3 is 0 Å². The van der Waals surface area contributed by atoms with E-state index in [1.54, 1.807) is 0 Å².